The number of aryl methyl sites for hydroxylation is 1. The molecular formula is C59H69N9O9. The van der Waals surface area contributed by atoms with Crippen LogP contribution in [0, 0.1) is 18.3 Å². The lowest BCUT2D eigenvalue weighted by Gasteiger charge is -2.36. The van der Waals surface area contributed by atoms with Crippen molar-refractivity contribution >= 4 is 58.5 Å². The molecule has 7 amide bonds. The summed E-state index contributed by atoms with van der Waals surface area (Å²) in [6.07, 6.45) is 4.36. The monoisotopic (exact) mass is 1050 g/mol. The van der Waals surface area contributed by atoms with Crippen molar-refractivity contribution in [3.63, 3.8) is 0 Å². The number of imide groups is 2. The molecule has 2 fully saturated rings. The van der Waals surface area contributed by atoms with Crippen molar-refractivity contribution in [2.24, 2.45) is 18.4 Å². The van der Waals surface area contributed by atoms with Crippen molar-refractivity contribution in [1.29, 1.82) is 0 Å². The molecule has 1 aromatic heterocycles. The van der Waals surface area contributed by atoms with E-state index < -0.39 is 29.7 Å². The molecule has 0 saturated carbocycles. The Balaban J connectivity index is 0.756. The summed E-state index contributed by atoms with van der Waals surface area (Å²) >= 11 is 0. The molecule has 5 aromatic rings. The summed E-state index contributed by atoms with van der Waals surface area (Å²) in [6, 6.07) is 23.7. The molecule has 2 unspecified atom stereocenters. The Kier molecular flexibility index (Phi) is 16.6. The number of piperazine rings is 1. The van der Waals surface area contributed by atoms with E-state index in [2.05, 4.69) is 67.7 Å². The zero-order chi connectivity index (χ0) is 55.3. The number of hydrogen-bond donors (Lipinski definition) is 4. The lowest BCUT2D eigenvalue weighted by Crippen LogP contribution is -2.54. The lowest BCUT2D eigenvalue weighted by atomic mass is 9.79. The van der Waals surface area contributed by atoms with Crippen LogP contribution in [0.1, 0.15) is 126 Å². The number of ether oxygens (including phenoxy) is 1. The number of aromatic nitrogens is 2. The highest BCUT2D eigenvalue weighted by molar-refractivity contribution is 6.24. The van der Waals surface area contributed by atoms with Crippen molar-refractivity contribution in [2.75, 3.05) is 56.5 Å². The fourth-order valence-electron chi connectivity index (χ4n) is 10.3. The van der Waals surface area contributed by atoms with Gasteiger partial charge in [0.05, 0.1) is 16.8 Å². The number of carbonyl (C=O) groups is 7. The summed E-state index contributed by atoms with van der Waals surface area (Å²) in [7, 11) is 1.66. The van der Waals surface area contributed by atoms with Crippen molar-refractivity contribution in [3.05, 3.63) is 135 Å². The molecule has 8 rings (SSSR count). The molecule has 0 spiro atoms. The molecule has 0 radical (unpaired) electrons. The van der Waals surface area contributed by atoms with Crippen LogP contribution in [0.25, 0.3) is 11.3 Å². The summed E-state index contributed by atoms with van der Waals surface area (Å²) in [5.74, 6) is -2.58. The van der Waals surface area contributed by atoms with E-state index in [1.165, 1.54) is 16.7 Å². The van der Waals surface area contributed by atoms with Gasteiger partial charge in [-0.05, 0) is 122 Å². The molecule has 2 atom stereocenters. The Morgan fingerprint density at radius 1 is 0.831 bits per heavy atom. The van der Waals surface area contributed by atoms with Gasteiger partial charge in [0.15, 0.2) is 12.4 Å². The van der Waals surface area contributed by atoms with Gasteiger partial charge in [-0.2, -0.15) is 0 Å². The van der Waals surface area contributed by atoms with Gasteiger partial charge >= 0.3 is 0 Å². The van der Waals surface area contributed by atoms with Gasteiger partial charge in [-0.1, -0.05) is 71.9 Å². The van der Waals surface area contributed by atoms with Gasteiger partial charge in [-0.15, -0.1) is 0 Å². The van der Waals surface area contributed by atoms with Gasteiger partial charge in [-0.25, -0.2) is 4.98 Å². The van der Waals surface area contributed by atoms with E-state index >= 15 is 0 Å². The summed E-state index contributed by atoms with van der Waals surface area (Å²) < 4.78 is 7.21. The zero-order valence-corrected chi connectivity index (χ0v) is 45.2. The predicted molar refractivity (Wildman–Crippen MR) is 293 cm³/mol. The topological polar surface area (TPSA) is 221 Å². The summed E-state index contributed by atoms with van der Waals surface area (Å²) in [5.41, 5.74) is 5.22. The maximum atomic E-state index is 13.6. The number of nitrogens with one attached hydrogen (secondary N) is 4. The molecule has 0 bridgehead atoms. The molecule has 77 heavy (non-hydrogen) atoms. The van der Waals surface area contributed by atoms with E-state index in [1.54, 1.807) is 43.6 Å². The molecule has 3 aliphatic rings. The molecular weight excluding hydrogens is 979 g/mol. The van der Waals surface area contributed by atoms with Crippen LogP contribution in [0.15, 0.2) is 95.9 Å². The lowest BCUT2D eigenvalue weighted by molar-refractivity contribution is -0.136. The average Bonchev–Trinajstić information content (AvgIpc) is 3.65. The molecule has 3 aliphatic heterocycles. The Morgan fingerprint density at radius 2 is 1.51 bits per heavy atom. The van der Waals surface area contributed by atoms with Crippen LogP contribution in [0.2, 0.25) is 0 Å². The molecule has 18 heteroatoms. The van der Waals surface area contributed by atoms with E-state index in [1.807, 2.05) is 54.3 Å². The third-order valence-electron chi connectivity index (χ3n) is 14.7. The predicted octanol–water partition coefficient (Wildman–Crippen LogP) is 7.24. The number of nitrogens with zero attached hydrogens (tertiary/aromatic N) is 5. The van der Waals surface area contributed by atoms with E-state index in [0.29, 0.717) is 53.7 Å². The minimum absolute atomic E-state index is 0.00867. The van der Waals surface area contributed by atoms with Gasteiger partial charge < -0.3 is 30.2 Å². The number of rotatable bonds is 18. The van der Waals surface area contributed by atoms with Gasteiger partial charge in [0, 0.05) is 80.5 Å². The largest absolute Gasteiger partial charge is 0.483 e. The minimum atomic E-state index is -1.11. The molecule has 0 aliphatic carbocycles. The second-order valence-corrected chi connectivity index (χ2v) is 22.3. The van der Waals surface area contributed by atoms with E-state index in [-0.39, 0.29) is 76.3 Å². The number of benzene rings is 4. The highest BCUT2D eigenvalue weighted by atomic mass is 16.5. The Bertz CT molecular complexity index is 3150. The smallest absolute Gasteiger partial charge is 0.293 e. The Labute approximate surface area is 448 Å². The third kappa shape index (κ3) is 13.0. The van der Waals surface area contributed by atoms with Gasteiger partial charge in [0.1, 0.15) is 11.8 Å². The van der Waals surface area contributed by atoms with E-state index in [4.69, 9.17) is 9.72 Å². The first kappa shape index (κ1) is 55.2. The van der Waals surface area contributed by atoms with Gasteiger partial charge in [-0.3, -0.25) is 53.5 Å². The molecule has 4 heterocycles. The number of carbonyl (C=O) groups excluding carboxylic acids is 7. The molecule has 4 N–H and O–H groups in total. The second kappa shape index (κ2) is 23.1. The van der Waals surface area contributed by atoms with Crippen molar-refractivity contribution in [3.8, 4) is 17.0 Å². The summed E-state index contributed by atoms with van der Waals surface area (Å²) in [6.45, 7) is 18.6. The highest BCUT2D eigenvalue weighted by Gasteiger charge is 2.46. The van der Waals surface area contributed by atoms with Crippen LogP contribution in [0.4, 0.5) is 17.2 Å². The number of fused-ring (bicyclic) bond motifs is 1. The molecule has 18 nitrogen and oxygen atoms in total. The van der Waals surface area contributed by atoms with Crippen molar-refractivity contribution in [2.45, 2.75) is 92.0 Å². The fourth-order valence-corrected chi connectivity index (χ4v) is 10.3. The van der Waals surface area contributed by atoms with Crippen LogP contribution in [-0.2, 0) is 26.8 Å². The van der Waals surface area contributed by atoms with Crippen molar-refractivity contribution in [1.82, 2.24) is 34.9 Å². The van der Waals surface area contributed by atoms with Gasteiger partial charge in [0.25, 0.3) is 35.1 Å². The van der Waals surface area contributed by atoms with E-state index in [0.717, 1.165) is 60.5 Å². The minimum Gasteiger partial charge on any atom is -0.483 e. The van der Waals surface area contributed by atoms with Crippen LogP contribution >= 0.6 is 0 Å². The van der Waals surface area contributed by atoms with Crippen molar-refractivity contribution < 1.29 is 38.3 Å². The summed E-state index contributed by atoms with van der Waals surface area (Å²) in [5, 5.41) is 11.3. The Hall–Kier alpha value is -7.99. The SMILES string of the molecule is Cc1c(NC(=O)c2ccc(C(C)(C)C)cc2)cccc1-c1cn(C)c(=O)c(Nc2ccc(C(=O)N3CCN(CCC(C)CC(C)(C)CCNC(=O)COc4cccc5c4C(=O)N(C4CCC(=O)NC4=O)C5=O)CC3)cc2)n1. The molecule has 404 valence electrons. The number of hydrogen-bond acceptors (Lipinski definition) is 12. The zero-order valence-electron chi connectivity index (χ0n) is 45.2. The molecule has 4 aromatic carbocycles. The van der Waals surface area contributed by atoms with Crippen LogP contribution in [0.5, 0.6) is 5.75 Å². The number of piperidine rings is 1. The Morgan fingerprint density at radius 3 is 2.19 bits per heavy atom. The second-order valence-electron chi connectivity index (χ2n) is 22.3. The number of anilines is 3. The normalized spacial score (nSPS) is 16.4. The maximum absolute atomic E-state index is 13.6. The third-order valence-corrected chi connectivity index (χ3v) is 14.7. The van der Waals surface area contributed by atoms with Crippen LogP contribution in [-0.4, -0.2) is 118 Å². The van der Waals surface area contributed by atoms with Crippen LogP contribution in [0.3, 0.4) is 0 Å². The quantitative estimate of drug-likeness (QED) is 0.0639. The first-order valence-corrected chi connectivity index (χ1v) is 26.3. The van der Waals surface area contributed by atoms with Gasteiger partial charge in [0.2, 0.25) is 11.8 Å². The summed E-state index contributed by atoms with van der Waals surface area (Å²) in [4.78, 5) is 114. The van der Waals surface area contributed by atoms with Crippen LogP contribution < -0.4 is 31.6 Å². The van der Waals surface area contributed by atoms with E-state index in [9.17, 15) is 38.4 Å². The fraction of sp³-hybridized carbons (Fsp3) is 0.407. The highest BCUT2D eigenvalue weighted by Crippen LogP contribution is 2.35. The molecule has 2 saturated heterocycles. The number of amides is 7. The standard InChI is InChI=1S/C59H69N9O9/c1-36(33-59(6,7)26-27-60-49(70)35-77-47-14-10-12-43-50(47)56(75)68(55(43)74)46-23-24-48(69)64-53(46)72)25-28-66-29-31-67(32-30-66)54(73)39-17-21-41(22-18-39)61-51-57(76)65(8)34-45(62-51)42-11-9-13-44(37(42)2)63-52(71)38-15-19-40(20-16-38)58(3,4)5/h9-22,34,36,46H,23-33,35H2,1-8H3,(H,60,70)(H,61,62)(H,63,71)(H,64,69,72). The average molecular weight is 1050 g/mol. The first-order valence-electron chi connectivity index (χ1n) is 26.3. The maximum Gasteiger partial charge on any atom is 0.293 e. The first-order chi connectivity index (χ1) is 36.6.